The lowest BCUT2D eigenvalue weighted by Gasteiger charge is -2.33. The van der Waals surface area contributed by atoms with Crippen molar-refractivity contribution in [1.82, 2.24) is 14.8 Å². The number of aliphatic carboxylic acids is 1. The van der Waals surface area contributed by atoms with Gasteiger partial charge in [0.1, 0.15) is 5.41 Å². The van der Waals surface area contributed by atoms with Gasteiger partial charge in [0, 0.05) is 63.2 Å². The summed E-state index contributed by atoms with van der Waals surface area (Å²) in [7, 11) is 0. The van der Waals surface area contributed by atoms with E-state index in [1.54, 1.807) is 17.2 Å². The van der Waals surface area contributed by atoms with Crippen LogP contribution in [0, 0.1) is 18.3 Å². The molecule has 7 nitrogen and oxygen atoms in total. The third-order valence-corrected chi connectivity index (χ3v) is 6.24. The van der Waals surface area contributed by atoms with E-state index in [0.717, 1.165) is 38.3 Å². The Morgan fingerprint density at radius 3 is 2.64 bits per heavy atom. The maximum atomic E-state index is 12.8. The number of carboxylic acids is 1. The Morgan fingerprint density at radius 1 is 1.28 bits per heavy atom. The number of likely N-dealkylation sites (tertiary alicyclic amines) is 2. The monoisotopic (exact) mass is 347 g/mol. The molecule has 0 aliphatic carbocycles. The molecule has 0 saturated carbocycles. The van der Waals surface area contributed by atoms with Crippen molar-refractivity contribution in [2.45, 2.75) is 25.8 Å². The lowest BCUT2D eigenvalue weighted by atomic mass is 9.81. The highest BCUT2D eigenvalue weighted by Crippen LogP contribution is 2.44. The van der Waals surface area contributed by atoms with Crippen LogP contribution in [0.1, 0.15) is 28.9 Å². The maximum absolute atomic E-state index is 12.8. The number of hydrogen-bond donors (Lipinski definition) is 2. The van der Waals surface area contributed by atoms with Crippen LogP contribution in [0.15, 0.2) is 12.3 Å². The Hall–Kier alpha value is -1.86. The largest absolute Gasteiger partial charge is 0.481 e. The fraction of sp³-hybridized carbons (Fsp3) is 0.667. The van der Waals surface area contributed by atoms with E-state index in [4.69, 9.17) is 4.74 Å². The first kappa shape index (κ1) is 16.6. The van der Waals surface area contributed by atoms with Crippen LogP contribution >= 0.6 is 0 Å². The minimum atomic E-state index is -0.835. The molecule has 3 aliphatic rings. The van der Waals surface area contributed by atoms with E-state index >= 15 is 0 Å². The summed E-state index contributed by atoms with van der Waals surface area (Å²) >= 11 is 0. The summed E-state index contributed by atoms with van der Waals surface area (Å²) in [4.78, 5) is 32.0. The number of amides is 1. The summed E-state index contributed by atoms with van der Waals surface area (Å²) in [5, 5.41) is 9.98. The van der Waals surface area contributed by atoms with Crippen molar-refractivity contribution < 1.29 is 19.4 Å². The highest BCUT2D eigenvalue weighted by Gasteiger charge is 2.59. The molecule has 3 saturated heterocycles. The second-order valence-electron chi connectivity index (χ2n) is 7.63. The Balaban J connectivity index is 1.52. The van der Waals surface area contributed by atoms with Crippen LogP contribution in [0.4, 0.5) is 0 Å². The molecule has 136 valence electrons. The van der Waals surface area contributed by atoms with Gasteiger partial charge in [0.15, 0.2) is 0 Å². The Kier molecular flexibility index (Phi) is 4.08. The van der Waals surface area contributed by atoms with E-state index in [9.17, 15) is 14.7 Å². The van der Waals surface area contributed by atoms with Crippen LogP contribution in [0.25, 0.3) is 0 Å². The van der Waals surface area contributed by atoms with Crippen molar-refractivity contribution in [1.29, 1.82) is 0 Å². The maximum Gasteiger partial charge on any atom is 0.313 e. The fourth-order valence-corrected chi connectivity index (χ4v) is 4.74. The van der Waals surface area contributed by atoms with E-state index in [0.29, 0.717) is 31.2 Å². The van der Waals surface area contributed by atoms with E-state index in [1.165, 1.54) is 0 Å². The minimum Gasteiger partial charge on any atom is -0.481 e. The summed E-state index contributed by atoms with van der Waals surface area (Å²) in [6.45, 7) is 5.49. The van der Waals surface area contributed by atoms with Crippen LogP contribution in [0.2, 0.25) is 0 Å². The van der Waals surface area contributed by atoms with E-state index in [-0.39, 0.29) is 11.8 Å². The molecule has 0 spiro atoms. The van der Waals surface area contributed by atoms with Crippen molar-refractivity contribution >= 4 is 11.9 Å². The van der Waals surface area contributed by atoms with E-state index in [1.807, 2.05) is 6.92 Å². The van der Waals surface area contributed by atoms with E-state index < -0.39 is 11.4 Å². The standard InChI is InChI=1S/C18H25N3O4/c1-12-15(2-5-19-12)16(22)21-9-13-8-20(14-3-6-25-7-4-14)10-18(13,11-21)17(23)24/h2,5,13-14,19H,3-4,6-11H2,1H3,(H,23,24)/t13-,18-/m0/s1. The van der Waals surface area contributed by atoms with Gasteiger partial charge < -0.3 is 19.7 Å². The molecular formula is C18H25N3O4. The molecule has 7 heteroatoms. The zero-order chi connectivity index (χ0) is 17.6. The topological polar surface area (TPSA) is 85.9 Å². The number of ether oxygens (including phenoxy) is 1. The lowest BCUT2D eigenvalue weighted by Crippen LogP contribution is -2.45. The third-order valence-electron chi connectivity index (χ3n) is 6.24. The number of carbonyl (C=O) groups is 2. The minimum absolute atomic E-state index is 0.00366. The number of rotatable bonds is 3. The second kappa shape index (κ2) is 6.14. The molecule has 2 N–H and O–H groups in total. The molecular weight excluding hydrogens is 322 g/mol. The number of carbonyl (C=O) groups excluding carboxylic acids is 1. The Morgan fingerprint density at radius 2 is 2.04 bits per heavy atom. The van der Waals surface area contributed by atoms with Crippen molar-refractivity contribution in [3.8, 4) is 0 Å². The van der Waals surface area contributed by atoms with Gasteiger partial charge in [0.25, 0.3) is 5.91 Å². The number of aromatic nitrogens is 1. The van der Waals surface area contributed by atoms with Gasteiger partial charge in [-0.05, 0) is 25.8 Å². The summed E-state index contributed by atoms with van der Waals surface area (Å²) in [6, 6.07) is 2.18. The summed E-state index contributed by atoms with van der Waals surface area (Å²) in [5.74, 6) is -0.837. The molecule has 0 radical (unpaired) electrons. The molecule has 3 fully saturated rings. The number of nitrogens with one attached hydrogen (secondary N) is 1. The van der Waals surface area contributed by atoms with Crippen LogP contribution in [0.3, 0.4) is 0 Å². The number of nitrogens with zero attached hydrogens (tertiary/aromatic N) is 2. The van der Waals surface area contributed by atoms with Crippen LogP contribution in [-0.4, -0.2) is 77.2 Å². The van der Waals surface area contributed by atoms with Crippen LogP contribution < -0.4 is 0 Å². The lowest BCUT2D eigenvalue weighted by molar-refractivity contribution is -0.148. The van der Waals surface area contributed by atoms with Gasteiger partial charge in [0.2, 0.25) is 0 Å². The van der Waals surface area contributed by atoms with Crippen molar-refractivity contribution in [3.63, 3.8) is 0 Å². The molecule has 3 aliphatic heterocycles. The molecule has 4 rings (SSSR count). The molecule has 0 unspecified atom stereocenters. The van der Waals surface area contributed by atoms with Gasteiger partial charge >= 0.3 is 5.97 Å². The zero-order valence-corrected chi connectivity index (χ0v) is 14.5. The van der Waals surface area contributed by atoms with Gasteiger partial charge in [-0.25, -0.2) is 0 Å². The molecule has 25 heavy (non-hydrogen) atoms. The highest BCUT2D eigenvalue weighted by molar-refractivity contribution is 5.96. The molecule has 1 aromatic rings. The second-order valence-corrected chi connectivity index (χ2v) is 7.63. The highest BCUT2D eigenvalue weighted by atomic mass is 16.5. The first-order chi connectivity index (χ1) is 12.0. The van der Waals surface area contributed by atoms with Gasteiger partial charge in [-0.2, -0.15) is 0 Å². The summed E-state index contributed by atoms with van der Waals surface area (Å²) < 4.78 is 5.43. The van der Waals surface area contributed by atoms with Gasteiger partial charge in [0.05, 0.1) is 5.56 Å². The average Bonchev–Trinajstić information content (AvgIpc) is 3.27. The van der Waals surface area contributed by atoms with Crippen LogP contribution in [-0.2, 0) is 9.53 Å². The Bertz CT molecular complexity index is 682. The van der Waals surface area contributed by atoms with Gasteiger partial charge in [-0.1, -0.05) is 0 Å². The van der Waals surface area contributed by atoms with Crippen molar-refractivity contribution in [2.24, 2.45) is 11.3 Å². The SMILES string of the molecule is Cc1[nH]ccc1C(=O)N1C[C@@H]2CN(C3CCOCC3)C[C@]2(C(=O)O)C1. The average molecular weight is 347 g/mol. The first-order valence-corrected chi connectivity index (χ1v) is 9.00. The normalized spacial score (nSPS) is 30.6. The number of H-pyrrole nitrogens is 1. The van der Waals surface area contributed by atoms with Crippen molar-refractivity contribution in [2.75, 3.05) is 39.4 Å². The number of aromatic amines is 1. The predicted molar refractivity (Wildman–Crippen MR) is 90.4 cm³/mol. The van der Waals surface area contributed by atoms with E-state index in [2.05, 4.69) is 9.88 Å². The number of fused-ring (bicyclic) bond motifs is 1. The first-order valence-electron chi connectivity index (χ1n) is 9.00. The summed E-state index contributed by atoms with van der Waals surface area (Å²) in [6.07, 6.45) is 3.68. The molecule has 4 heterocycles. The molecule has 0 aromatic carbocycles. The van der Waals surface area contributed by atoms with Gasteiger partial charge in [-0.3, -0.25) is 14.5 Å². The fourth-order valence-electron chi connectivity index (χ4n) is 4.74. The molecule has 1 aromatic heterocycles. The number of hydrogen-bond acceptors (Lipinski definition) is 4. The predicted octanol–water partition coefficient (Wildman–Crippen LogP) is 0.961. The third kappa shape index (κ3) is 2.66. The quantitative estimate of drug-likeness (QED) is 0.851. The van der Waals surface area contributed by atoms with Gasteiger partial charge in [-0.15, -0.1) is 0 Å². The zero-order valence-electron chi connectivity index (χ0n) is 14.5. The smallest absolute Gasteiger partial charge is 0.313 e. The number of carboxylic acid groups (broad SMARTS) is 1. The van der Waals surface area contributed by atoms with Crippen LogP contribution in [0.5, 0.6) is 0 Å². The summed E-state index contributed by atoms with van der Waals surface area (Å²) in [5.41, 5.74) is 0.634. The molecule has 2 atom stereocenters. The Labute approximate surface area is 146 Å². The number of aryl methyl sites for hydroxylation is 1. The molecule has 0 bridgehead atoms. The molecule has 1 amide bonds. The van der Waals surface area contributed by atoms with Crippen molar-refractivity contribution in [3.05, 3.63) is 23.5 Å².